The molecule has 1 aliphatic rings. The van der Waals surface area contributed by atoms with E-state index in [9.17, 15) is 8.42 Å². The van der Waals surface area contributed by atoms with Crippen LogP contribution in [0, 0.1) is 0 Å². The molecule has 2 rings (SSSR count). The van der Waals surface area contributed by atoms with Crippen molar-refractivity contribution in [3.05, 3.63) is 34.9 Å². The van der Waals surface area contributed by atoms with Crippen LogP contribution >= 0.6 is 10.7 Å². The Bertz CT molecular complexity index is 484. The molecule has 3 nitrogen and oxygen atoms in total. The van der Waals surface area contributed by atoms with Crippen molar-refractivity contribution in [3.63, 3.8) is 0 Å². The summed E-state index contributed by atoms with van der Waals surface area (Å²) in [6, 6.07) is 5.74. The summed E-state index contributed by atoms with van der Waals surface area (Å²) in [5.74, 6) is -0.0917. The molecule has 0 radical (unpaired) electrons. The topological polar surface area (TPSA) is 37.4 Å². The standard InChI is InChI=1S/C10H12ClNO2S/c1-12-5-9-3-2-8(4-10(9)6-12)7-15(11,13)14/h2-4H,5-7H2,1H3. The van der Waals surface area contributed by atoms with E-state index < -0.39 is 9.05 Å². The van der Waals surface area contributed by atoms with Gasteiger partial charge in [-0.2, -0.15) is 0 Å². The highest BCUT2D eigenvalue weighted by Gasteiger charge is 2.16. The minimum Gasteiger partial charge on any atom is -0.298 e. The molecule has 0 spiro atoms. The third kappa shape index (κ3) is 2.71. The number of benzene rings is 1. The molecule has 0 atom stereocenters. The predicted octanol–water partition coefficient (Wildman–Crippen LogP) is 1.70. The summed E-state index contributed by atoms with van der Waals surface area (Å²) in [4.78, 5) is 2.18. The molecule has 5 heteroatoms. The quantitative estimate of drug-likeness (QED) is 0.745. The molecule has 1 aliphatic heterocycles. The van der Waals surface area contributed by atoms with E-state index in [1.165, 1.54) is 11.1 Å². The number of rotatable bonds is 2. The van der Waals surface area contributed by atoms with Crippen LogP contribution in [0.2, 0.25) is 0 Å². The first-order valence-corrected chi connectivity index (χ1v) is 7.13. The second-order valence-electron chi connectivity index (χ2n) is 3.96. The Labute approximate surface area is 94.1 Å². The zero-order chi connectivity index (χ0) is 11.1. The summed E-state index contributed by atoms with van der Waals surface area (Å²) < 4.78 is 21.8. The number of hydrogen-bond acceptors (Lipinski definition) is 3. The van der Waals surface area contributed by atoms with Gasteiger partial charge in [0.15, 0.2) is 0 Å². The SMILES string of the molecule is CN1Cc2ccc(CS(=O)(=O)Cl)cc2C1. The van der Waals surface area contributed by atoms with E-state index >= 15 is 0 Å². The fraction of sp³-hybridized carbons (Fsp3) is 0.400. The molecule has 15 heavy (non-hydrogen) atoms. The van der Waals surface area contributed by atoms with Crippen LogP contribution in [0.15, 0.2) is 18.2 Å². The van der Waals surface area contributed by atoms with Gasteiger partial charge in [0.05, 0.1) is 5.75 Å². The molecule has 0 bridgehead atoms. The third-order valence-corrected chi connectivity index (χ3v) is 3.50. The lowest BCUT2D eigenvalue weighted by Gasteiger charge is -2.02. The van der Waals surface area contributed by atoms with Crippen LogP contribution in [0.3, 0.4) is 0 Å². The van der Waals surface area contributed by atoms with E-state index in [1.54, 1.807) is 0 Å². The Morgan fingerprint density at radius 2 is 2.00 bits per heavy atom. The van der Waals surface area contributed by atoms with Crippen molar-refractivity contribution in [1.29, 1.82) is 0 Å². The second-order valence-corrected chi connectivity index (χ2v) is 6.74. The van der Waals surface area contributed by atoms with Gasteiger partial charge < -0.3 is 0 Å². The first kappa shape index (κ1) is 10.9. The summed E-state index contributed by atoms with van der Waals surface area (Å²) >= 11 is 0. The summed E-state index contributed by atoms with van der Waals surface area (Å²) in [5.41, 5.74) is 3.24. The molecule has 0 aliphatic carbocycles. The van der Waals surface area contributed by atoms with Crippen LogP contribution in [0.5, 0.6) is 0 Å². The number of nitrogens with zero attached hydrogens (tertiary/aromatic N) is 1. The van der Waals surface area contributed by atoms with Crippen molar-refractivity contribution in [3.8, 4) is 0 Å². The Morgan fingerprint density at radius 1 is 1.33 bits per heavy atom. The van der Waals surface area contributed by atoms with Crippen molar-refractivity contribution in [2.75, 3.05) is 7.05 Å². The lowest BCUT2D eigenvalue weighted by molar-refractivity contribution is 0.353. The Morgan fingerprint density at radius 3 is 2.67 bits per heavy atom. The van der Waals surface area contributed by atoms with Gasteiger partial charge in [-0.1, -0.05) is 18.2 Å². The molecule has 0 unspecified atom stereocenters. The zero-order valence-electron chi connectivity index (χ0n) is 8.40. The van der Waals surface area contributed by atoms with E-state index in [1.807, 2.05) is 25.2 Å². The maximum absolute atomic E-state index is 10.9. The molecule has 0 saturated heterocycles. The molecule has 0 fully saturated rings. The number of fused-ring (bicyclic) bond motifs is 1. The molecule has 0 aromatic heterocycles. The molecular formula is C10H12ClNO2S. The molecule has 1 aromatic carbocycles. The summed E-state index contributed by atoms with van der Waals surface area (Å²) in [7, 11) is 3.80. The fourth-order valence-electron chi connectivity index (χ4n) is 1.91. The molecule has 0 N–H and O–H groups in total. The van der Waals surface area contributed by atoms with E-state index in [0.29, 0.717) is 0 Å². The lowest BCUT2D eigenvalue weighted by atomic mass is 10.1. The van der Waals surface area contributed by atoms with Gasteiger partial charge in [-0.25, -0.2) is 8.42 Å². The number of hydrogen-bond donors (Lipinski definition) is 0. The van der Waals surface area contributed by atoms with Crippen LogP contribution in [0.1, 0.15) is 16.7 Å². The van der Waals surface area contributed by atoms with E-state index in [4.69, 9.17) is 10.7 Å². The van der Waals surface area contributed by atoms with Gasteiger partial charge in [-0.3, -0.25) is 4.90 Å². The molecule has 82 valence electrons. The van der Waals surface area contributed by atoms with Crippen molar-refractivity contribution in [1.82, 2.24) is 4.90 Å². The lowest BCUT2D eigenvalue weighted by Crippen LogP contribution is -2.07. The van der Waals surface area contributed by atoms with Gasteiger partial charge in [-0.15, -0.1) is 0 Å². The van der Waals surface area contributed by atoms with Crippen LogP contribution in [-0.4, -0.2) is 20.4 Å². The van der Waals surface area contributed by atoms with Crippen LogP contribution in [-0.2, 0) is 27.9 Å². The van der Waals surface area contributed by atoms with E-state index in [-0.39, 0.29) is 5.75 Å². The average molecular weight is 246 g/mol. The highest BCUT2D eigenvalue weighted by molar-refractivity contribution is 8.13. The molecule has 0 saturated carbocycles. The van der Waals surface area contributed by atoms with Crippen molar-refractivity contribution in [2.45, 2.75) is 18.8 Å². The molecule has 1 heterocycles. The monoisotopic (exact) mass is 245 g/mol. The van der Waals surface area contributed by atoms with Crippen molar-refractivity contribution >= 4 is 19.7 Å². The van der Waals surface area contributed by atoms with Gasteiger partial charge in [0, 0.05) is 23.8 Å². The highest BCUT2D eigenvalue weighted by atomic mass is 35.7. The van der Waals surface area contributed by atoms with Crippen LogP contribution in [0.25, 0.3) is 0 Å². The Balaban J connectivity index is 2.28. The van der Waals surface area contributed by atoms with Crippen molar-refractivity contribution in [2.24, 2.45) is 0 Å². The molecule has 0 amide bonds. The van der Waals surface area contributed by atoms with Gasteiger partial charge in [0.1, 0.15) is 0 Å². The maximum atomic E-state index is 10.9. The minimum atomic E-state index is -3.45. The normalized spacial score (nSPS) is 16.7. The maximum Gasteiger partial charge on any atom is 0.236 e. The second kappa shape index (κ2) is 3.77. The van der Waals surface area contributed by atoms with E-state index in [0.717, 1.165) is 18.7 Å². The smallest absolute Gasteiger partial charge is 0.236 e. The largest absolute Gasteiger partial charge is 0.298 e. The van der Waals surface area contributed by atoms with Gasteiger partial charge in [-0.05, 0) is 23.7 Å². The van der Waals surface area contributed by atoms with Crippen LogP contribution in [0.4, 0.5) is 0 Å². The predicted molar refractivity (Wildman–Crippen MR) is 60.1 cm³/mol. The Kier molecular flexibility index (Phi) is 2.75. The fourth-order valence-corrected chi connectivity index (χ4v) is 2.86. The first-order valence-electron chi connectivity index (χ1n) is 4.65. The minimum absolute atomic E-state index is 0.0917. The first-order chi connectivity index (χ1) is 6.94. The average Bonchev–Trinajstić information content (AvgIpc) is 2.40. The molecular weight excluding hydrogens is 234 g/mol. The van der Waals surface area contributed by atoms with Gasteiger partial charge >= 0.3 is 0 Å². The summed E-state index contributed by atoms with van der Waals surface area (Å²) in [6.45, 7) is 1.81. The third-order valence-electron chi connectivity index (χ3n) is 2.49. The summed E-state index contributed by atoms with van der Waals surface area (Å²) in [5, 5.41) is 0. The highest BCUT2D eigenvalue weighted by Crippen LogP contribution is 2.23. The van der Waals surface area contributed by atoms with Crippen molar-refractivity contribution < 1.29 is 8.42 Å². The summed E-state index contributed by atoms with van der Waals surface area (Å²) in [6.07, 6.45) is 0. The molecule has 1 aromatic rings. The Hall–Kier alpha value is -0.580. The van der Waals surface area contributed by atoms with Gasteiger partial charge in [0.25, 0.3) is 0 Å². The zero-order valence-corrected chi connectivity index (χ0v) is 9.98. The van der Waals surface area contributed by atoms with E-state index in [2.05, 4.69) is 4.90 Å². The van der Waals surface area contributed by atoms with Gasteiger partial charge in [0.2, 0.25) is 9.05 Å². The number of halogens is 1. The van der Waals surface area contributed by atoms with Crippen LogP contribution < -0.4 is 0 Å².